The number of imidazole rings is 1. The molecule has 1 aromatic heterocycles. The maximum absolute atomic E-state index is 4.59. The van der Waals surface area contributed by atoms with Gasteiger partial charge in [0.2, 0.25) is 0 Å². The van der Waals surface area contributed by atoms with E-state index in [1.807, 2.05) is 18.7 Å². The molecule has 0 fully saturated rings. The van der Waals surface area contributed by atoms with E-state index in [1.165, 1.54) is 25.7 Å². The SMILES string of the molecule is CCCCCCNC(=NCCCn1ccnc1)NCC.I. The van der Waals surface area contributed by atoms with Crippen LogP contribution in [-0.2, 0) is 6.54 Å². The third-order valence-corrected chi connectivity index (χ3v) is 3.07. The Balaban J connectivity index is 0.00000400. The molecule has 0 atom stereocenters. The molecular weight excluding hydrogens is 377 g/mol. The number of aryl methyl sites for hydroxylation is 1. The summed E-state index contributed by atoms with van der Waals surface area (Å²) in [5, 5.41) is 6.68. The molecule has 0 aromatic carbocycles. The molecule has 5 nitrogen and oxygen atoms in total. The average Bonchev–Trinajstić information content (AvgIpc) is 2.96. The first-order chi connectivity index (χ1) is 9.86. The lowest BCUT2D eigenvalue weighted by Gasteiger charge is -2.11. The zero-order valence-corrected chi connectivity index (χ0v) is 15.7. The van der Waals surface area contributed by atoms with Crippen LogP contribution in [0.5, 0.6) is 0 Å². The van der Waals surface area contributed by atoms with Crippen molar-refractivity contribution in [3.05, 3.63) is 18.7 Å². The van der Waals surface area contributed by atoms with Gasteiger partial charge >= 0.3 is 0 Å². The highest BCUT2D eigenvalue weighted by Crippen LogP contribution is 1.97. The van der Waals surface area contributed by atoms with Gasteiger partial charge in [-0.1, -0.05) is 26.2 Å². The van der Waals surface area contributed by atoms with Crippen LogP contribution in [0.1, 0.15) is 46.0 Å². The van der Waals surface area contributed by atoms with E-state index in [1.54, 1.807) is 0 Å². The van der Waals surface area contributed by atoms with Gasteiger partial charge in [0.25, 0.3) is 0 Å². The summed E-state index contributed by atoms with van der Waals surface area (Å²) >= 11 is 0. The van der Waals surface area contributed by atoms with Gasteiger partial charge in [-0.05, 0) is 19.8 Å². The van der Waals surface area contributed by atoms with Crippen LogP contribution in [0.2, 0.25) is 0 Å². The van der Waals surface area contributed by atoms with E-state index < -0.39 is 0 Å². The van der Waals surface area contributed by atoms with Crippen molar-refractivity contribution in [1.29, 1.82) is 0 Å². The molecule has 1 heterocycles. The number of unbranched alkanes of at least 4 members (excludes halogenated alkanes) is 3. The Bertz CT molecular complexity index is 351. The van der Waals surface area contributed by atoms with Gasteiger partial charge in [0, 0.05) is 38.6 Å². The Morgan fingerprint density at radius 2 is 2.00 bits per heavy atom. The normalized spacial score (nSPS) is 11.0. The summed E-state index contributed by atoms with van der Waals surface area (Å²) in [4.78, 5) is 8.62. The first-order valence-corrected chi connectivity index (χ1v) is 7.84. The number of hydrogen-bond donors (Lipinski definition) is 2. The molecule has 0 radical (unpaired) electrons. The molecule has 0 aliphatic heterocycles. The molecule has 0 amide bonds. The fourth-order valence-corrected chi connectivity index (χ4v) is 1.96. The zero-order chi connectivity index (χ0) is 14.5. The summed E-state index contributed by atoms with van der Waals surface area (Å²) in [6.07, 6.45) is 11.8. The Hall–Kier alpha value is -0.790. The summed E-state index contributed by atoms with van der Waals surface area (Å²) in [6, 6.07) is 0. The van der Waals surface area contributed by atoms with Crippen LogP contribution in [0.15, 0.2) is 23.7 Å². The predicted molar refractivity (Wildman–Crippen MR) is 100 cm³/mol. The first kappa shape index (κ1) is 20.2. The first-order valence-electron chi connectivity index (χ1n) is 7.84. The van der Waals surface area contributed by atoms with Crippen molar-refractivity contribution in [2.45, 2.75) is 52.5 Å². The third kappa shape index (κ3) is 10.6. The molecule has 122 valence electrons. The fourth-order valence-electron chi connectivity index (χ4n) is 1.96. The van der Waals surface area contributed by atoms with Crippen LogP contribution in [-0.4, -0.2) is 35.1 Å². The van der Waals surface area contributed by atoms with Crippen molar-refractivity contribution in [2.24, 2.45) is 4.99 Å². The molecule has 0 aliphatic carbocycles. The Kier molecular flexibility index (Phi) is 13.6. The van der Waals surface area contributed by atoms with E-state index in [9.17, 15) is 0 Å². The number of guanidine groups is 1. The monoisotopic (exact) mass is 407 g/mol. The van der Waals surface area contributed by atoms with Gasteiger partial charge in [-0.2, -0.15) is 0 Å². The van der Waals surface area contributed by atoms with Crippen molar-refractivity contribution in [3.8, 4) is 0 Å². The largest absolute Gasteiger partial charge is 0.357 e. The van der Waals surface area contributed by atoms with Crippen LogP contribution in [0.3, 0.4) is 0 Å². The second kappa shape index (κ2) is 14.2. The summed E-state index contributed by atoms with van der Waals surface area (Å²) in [6.45, 7) is 8.05. The van der Waals surface area contributed by atoms with E-state index in [-0.39, 0.29) is 24.0 Å². The number of aliphatic imine (C=N–C) groups is 1. The van der Waals surface area contributed by atoms with Crippen LogP contribution in [0, 0.1) is 0 Å². The average molecular weight is 407 g/mol. The molecule has 0 unspecified atom stereocenters. The highest BCUT2D eigenvalue weighted by Gasteiger charge is 1.96. The number of aromatic nitrogens is 2. The standard InChI is InChI=1S/C15H29N5.HI/c1-3-5-6-7-9-18-15(17-4-2)19-10-8-12-20-13-11-16-14-20;/h11,13-14H,3-10,12H2,1-2H3,(H2,17,18,19);1H. The maximum atomic E-state index is 4.59. The van der Waals surface area contributed by atoms with Gasteiger partial charge < -0.3 is 15.2 Å². The lowest BCUT2D eigenvalue weighted by Crippen LogP contribution is -2.37. The Labute approximate surface area is 146 Å². The number of rotatable bonds is 10. The third-order valence-electron chi connectivity index (χ3n) is 3.07. The van der Waals surface area contributed by atoms with Crippen LogP contribution in [0.4, 0.5) is 0 Å². The number of nitrogens with zero attached hydrogens (tertiary/aromatic N) is 3. The molecule has 2 N–H and O–H groups in total. The highest BCUT2D eigenvalue weighted by molar-refractivity contribution is 14.0. The maximum Gasteiger partial charge on any atom is 0.191 e. The second-order valence-electron chi connectivity index (χ2n) is 4.90. The fraction of sp³-hybridized carbons (Fsp3) is 0.733. The van der Waals surface area contributed by atoms with Gasteiger partial charge in [-0.3, -0.25) is 4.99 Å². The lowest BCUT2D eigenvalue weighted by atomic mass is 10.2. The molecule has 0 saturated carbocycles. The van der Waals surface area contributed by atoms with E-state index in [0.717, 1.165) is 38.6 Å². The van der Waals surface area contributed by atoms with Crippen molar-refractivity contribution >= 4 is 29.9 Å². The smallest absolute Gasteiger partial charge is 0.191 e. The van der Waals surface area contributed by atoms with Gasteiger partial charge in [0.1, 0.15) is 0 Å². The number of halogens is 1. The van der Waals surface area contributed by atoms with Gasteiger partial charge in [-0.15, -0.1) is 24.0 Å². The minimum atomic E-state index is 0. The molecule has 6 heteroatoms. The van der Waals surface area contributed by atoms with Gasteiger partial charge in [-0.25, -0.2) is 4.98 Å². The molecule has 0 bridgehead atoms. The Morgan fingerprint density at radius 1 is 1.14 bits per heavy atom. The molecule has 1 rings (SSSR count). The molecule has 1 aromatic rings. The van der Waals surface area contributed by atoms with Crippen molar-refractivity contribution in [2.75, 3.05) is 19.6 Å². The van der Waals surface area contributed by atoms with Crippen LogP contribution in [0.25, 0.3) is 0 Å². The van der Waals surface area contributed by atoms with Gasteiger partial charge in [0.15, 0.2) is 5.96 Å². The van der Waals surface area contributed by atoms with Crippen LogP contribution < -0.4 is 10.6 Å². The molecule has 21 heavy (non-hydrogen) atoms. The Morgan fingerprint density at radius 3 is 2.67 bits per heavy atom. The lowest BCUT2D eigenvalue weighted by molar-refractivity contribution is 0.636. The molecule has 0 saturated heterocycles. The van der Waals surface area contributed by atoms with Crippen molar-refractivity contribution in [3.63, 3.8) is 0 Å². The van der Waals surface area contributed by atoms with Crippen molar-refractivity contribution in [1.82, 2.24) is 20.2 Å². The summed E-state index contributed by atoms with van der Waals surface area (Å²) < 4.78 is 2.08. The summed E-state index contributed by atoms with van der Waals surface area (Å²) in [5.74, 6) is 0.939. The van der Waals surface area contributed by atoms with E-state index in [2.05, 4.69) is 39.0 Å². The van der Waals surface area contributed by atoms with E-state index in [0.29, 0.717) is 0 Å². The molecule has 0 aliphatic rings. The quantitative estimate of drug-likeness (QED) is 0.271. The van der Waals surface area contributed by atoms with E-state index >= 15 is 0 Å². The summed E-state index contributed by atoms with van der Waals surface area (Å²) in [7, 11) is 0. The molecule has 0 spiro atoms. The molecular formula is C15H30IN5. The van der Waals surface area contributed by atoms with E-state index in [4.69, 9.17) is 0 Å². The number of nitrogens with one attached hydrogen (secondary N) is 2. The zero-order valence-electron chi connectivity index (χ0n) is 13.3. The minimum absolute atomic E-state index is 0. The topological polar surface area (TPSA) is 54.2 Å². The predicted octanol–water partition coefficient (Wildman–Crippen LogP) is 3.03. The highest BCUT2D eigenvalue weighted by atomic mass is 127. The summed E-state index contributed by atoms with van der Waals surface area (Å²) in [5.41, 5.74) is 0. The van der Waals surface area contributed by atoms with Gasteiger partial charge in [0.05, 0.1) is 6.33 Å². The second-order valence-corrected chi connectivity index (χ2v) is 4.90. The van der Waals surface area contributed by atoms with Crippen LogP contribution >= 0.6 is 24.0 Å². The van der Waals surface area contributed by atoms with Crippen molar-refractivity contribution < 1.29 is 0 Å². The minimum Gasteiger partial charge on any atom is -0.357 e. The number of hydrogen-bond acceptors (Lipinski definition) is 2.